The molecule has 0 aliphatic carbocycles. The first-order valence-corrected chi connectivity index (χ1v) is 8.91. The highest BCUT2D eigenvalue weighted by molar-refractivity contribution is 6.46. The van der Waals surface area contributed by atoms with Crippen LogP contribution in [0, 0.1) is 0 Å². The van der Waals surface area contributed by atoms with Gasteiger partial charge in [0.25, 0.3) is 11.7 Å². The molecule has 1 aliphatic rings. The smallest absolute Gasteiger partial charge is 0.295 e. The van der Waals surface area contributed by atoms with Crippen LogP contribution in [0.25, 0.3) is 5.76 Å². The van der Waals surface area contributed by atoms with Crippen molar-refractivity contribution in [3.8, 4) is 5.75 Å². The van der Waals surface area contributed by atoms with E-state index in [-0.39, 0.29) is 11.3 Å². The number of carbonyl (C=O) groups excluding carboxylic acids is 2. The van der Waals surface area contributed by atoms with Crippen molar-refractivity contribution < 1.29 is 19.4 Å². The molecule has 1 N–H and O–H groups in total. The lowest BCUT2D eigenvalue weighted by molar-refractivity contribution is -0.139. The van der Waals surface area contributed by atoms with Gasteiger partial charge in [-0.3, -0.25) is 14.6 Å². The predicted octanol–water partition coefficient (Wildman–Crippen LogP) is 3.31. The monoisotopic (exact) mass is 366 g/mol. The highest BCUT2D eigenvalue weighted by Gasteiger charge is 2.46. The van der Waals surface area contributed by atoms with Gasteiger partial charge in [-0.25, -0.2) is 0 Å². The van der Waals surface area contributed by atoms with Gasteiger partial charge in [0.1, 0.15) is 11.5 Å². The molecule has 1 unspecified atom stereocenters. The Hall–Kier alpha value is -3.15. The fourth-order valence-corrected chi connectivity index (χ4v) is 3.31. The molecule has 6 heteroatoms. The molecule has 1 aromatic carbocycles. The number of nitrogens with zero attached hydrogens (tertiary/aromatic N) is 2. The minimum Gasteiger partial charge on any atom is -0.507 e. The summed E-state index contributed by atoms with van der Waals surface area (Å²) in [4.78, 5) is 31.1. The van der Waals surface area contributed by atoms with Gasteiger partial charge in [-0.2, -0.15) is 0 Å². The SMILES string of the molecule is CCCCN1C(=O)C(=O)/C(=C(\O)c2ccccc2OC)C1c1cccnc1. The third-order valence-electron chi connectivity index (χ3n) is 4.65. The second-order valence-corrected chi connectivity index (χ2v) is 6.33. The van der Waals surface area contributed by atoms with Gasteiger partial charge in [0.2, 0.25) is 0 Å². The third kappa shape index (κ3) is 3.43. The number of ketones is 1. The van der Waals surface area contributed by atoms with E-state index in [2.05, 4.69) is 4.98 Å². The highest BCUT2D eigenvalue weighted by Crippen LogP contribution is 2.40. The Morgan fingerprint density at radius 3 is 2.67 bits per heavy atom. The second-order valence-electron chi connectivity index (χ2n) is 6.33. The molecular formula is C21H22N2O4. The Bertz CT molecular complexity index is 877. The number of carbonyl (C=O) groups is 2. The zero-order valence-electron chi connectivity index (χ0n) is 15.4. The van der Waals surface area contributed by atoms with E-state index in [1.807, 2.05) is 6.92 Å². The van der Waals surface area contributed by atoms with Gasteiger partial charge in [0.05, 0.1) is 24.3 Å². The van der Waals surface area contributed by atoms with Crippen LogP contribution in [-0.4, -0.2) is 40.3 Å². The molecule has 140 valence electrons. The predicted molar refractivity (Wildman–Crippen MR) is 101 cm³/mol. The number of methoxy groups -OCH3 is 1. The van der Waals surface area contributed by atoms with E-state index in [1.165, 1.54) is 12.0 Å². The van der Waals surface area contributed by atoms with Gasteiger partial charge in [-0.1, -0.05) is 31.5 Å². The van der Waals surface area contributed by atoms with Crippen molar-refractivity contribution in [1.82, 2.24) is 9.88 Å². The van der Waals surface area contributed by atoms with Crippen LogP contribution in [0.3, 0.4) is 0 Å². The zero-order valence-corrected chi connectivity index (χ0v) is 15.4. The molecule has 2 heterocycles. The van der Waals surface area contributed by atoms with Crippen molar-refractivity contribution in [2.24, 2.45) is 0 Å². The molecule has 0 radical (unpaired) electrons. The number of unbranched alkanes of at least 4 members (excludes halogenated alkanes) is 1. The maximum absolute atomic E-state index is 12.8. The van der Waals surface area contributed by atoms with Crippen LogP contribution in [0.4, 0.5) is 0 Å². The number of ether oxygens (including phenoxy) is 1. The normalized spacial score (nSPS) is 18.7. The Morgan fingerprint density at radius 2 is 2.00 bits per heavy atom. The van der Waals surface area contributed by atoms with Gasteiger partial charge in [-0.05, 0) is 30.2 Å². The van der Waals surface area contributed by atoms with Crippen LogP contribution < -0.4 is 4.74 Å². The lowest BCUT2D eigenvalue weighted by Gasteiger charge is -2.25. The van der Waals surface area contributed by atoms with E-state index in [0.29, 0.717) is 23.4 Å². The molecule has 1 aromatic heterocycles. The number of hydrogen-bond acceptors (Lipinski definition) is 5. The average molecular weight is 366 g/mol. The molecule has 0 saturated carbocycles. The third-order valence-corrected chi connectivity index (χ3v) is 4.65. The number of likely N-dealkylation sites (tertiary alicyclic amines) is 1. The Kier molecular flexibility index (Phi) is 5.54. The summed E-state index contributed by atoms with van der Waals surface area (Å²) in [5.41, 5.74) is 1.13. The number of Topliss-reactive ketones (excluding diaryl/α,β-unsaturated/α-hetero) is 1. The lowest BCUT2D eigenvalue weighted by Crippen LogP contribution is -2.30. The molecule has 3 rings (SSSR count). The first kappa shape index (κ1) is 18.6. The maximum Gasteiger partial charge on any atom is 0.295 e. The first-order chi connectivity index (χ1) is 13.1. The van der Waals surface area contributed by atoms with Crippen molar-refractivity contribution in [3.05, 3.63) is 65.5 Å². The quantitative estimate of drug-likeness (QED) is 0.482. The van der Waals surface area contributed by atoms with Crippen molar-refractivity contribution in [3.63, 3.8) is 0 Å². The topological polar surface area (TPSA) is 79.7 Å². The summed E-state index contributed by atoms with van der Waals surface area (Å²) in [6, 6.07) is 9.75. The summed E-state index contributed by atoms with van der Waals surface area (Å²) < 4.78 is 5.30. The van der Waals surface area contributed by atoms with E-state index in [0.717, 1.165) is 12.8 Å². The Balaban J connectivity index is 2.18. The molecule has 0 spiro atoms. The summed E-state index contributed by atoms with van der Waals surface area (Å²) in [7, 11) is 1.49. The minimum atomic E-state index is -0.691. The van der Waals surface area contributed by atoms with Crippen LogP contribution in [0.2, 0.25) is 0 Å². The molecule has 1 atom stereocenters. The van der Waals surface area contributed by atoms with Crippen molar-refractivity contribution in [2.75, 3.05) is 13.7 Å². The van der Waals surface area contributed by atoms with Crippen molar-refractivity contribution in [1.29, 1.82) is 0 Å². The van der Waals surface area contributed by atoms with Crippen LogP contribution in [-0.2, 0) is 9.59 Å². The molecular weight excluding hydrogens is 344 g/mol. The number of pyridine rings is 1. The molecule has 1 saturated heterocycles. The fourth-order valence-electron chi connectivity index (χ4n) is 3.31. The van der Waals surface area contributed by atoms with Gasteiger partial charge in [0.15, 0.2) is 0 Å². The largest absolute Gasteiger partial charge is 0.507 e. The van der Waals surface area contributed by atoms with Gasteiger partial charge < -0.3 is 14.7 Å². The standard InChI is InChI=1S/C21H22N2O4/c1-3-4-12-23-18(14-8-7-11-22-13-14)17(20(25)21(23)26)19(24)15-9-5-6-10-16(15)27-2/h5-11,13,18,24H,3-4,12H2,1-2H3/b19-17-. The summed E-state index contributed by atoms with van der Waals surface area (Å²) >= 11 is 0. The zero-order chi connectivity index (χ0) is 19.4. The van der Waals surface area contributed by atoms with Gasteiger partial charge in [-0.15, -0.1) is 0 Å². The summed E-state index contributed by atoms with van der Waals surface area (Å²) in [6.45, 7) is 2.45. The number of aromatic nitrogens is 1. The first-order valence-electron chi connectivity index (χ1n) is 8.91. The number of aliphatic hydroxyl groups excluding tert-OH is 1. The Morgan fingerprint density at radius 1 is 1.22 bits per heavy atom. The second kappa shape index (κ2) is 8.03. The maximum atomic E-state index is 12.8. The molecule has 27 heavy (non-hydrogen) atoms. The molecule has 2 aromatic rings. The van der Waals surface area contributed by atoms with E-state index in [4.69, 9.17) is 4.74 Å². The van der Waals surface area contributed by atoms with E-state index in [1.54, 1.807) is 48.8 Å². The summed E-state index contributed by atoms with van der Waals surface area (Å²) in [6.07, 6.45) is 4.89. The number of rotatable bonds is 6. The molecule has 6 nitrogen and oxygen atoms in total. The van der Waals surface area contributed by atoms with Crippen LogP contribution in [0.5, 0.6) is 5.75 Å². The lowest BCUT2D eigenvalue weighted by atomic mass is 9.96. The minimum absolute atomic E-state index is 0.0635. The number of amides is 1. The van der Waals surface area contributed by atoms with Crippen molar-refractivity contribution >= 4 is 17.4 Å². The molecule has 1 aliphatic heterocycles. The molecule has 1 amide bonds. The number of para-hydroxylation sites is 1. The van der Waals surface area contributed by atoms with Gasteiger partial charge in [0, 0.05) is 18.9 Å². The molecule has 0 bridgehead atoms. The Labute approximate surface area is 158 Å². The summed E-state index contributed by atoms with van der Waals surface area (Å²) in [5.74, 6) is -1.10. The van der Waals surface area contributed by atoms with Crippen LogP contribution in [0.15, 0.2) is 54.4 Å². The van der Waals surface area contributed by atoms with E-state index < -0.39 is 17.7 Å². The van der Waals surface area contributed by atoms with Crippen molar-refractivity contribution in [2.45, 2.75) is 25.8 Å². The average Bonchev–Trinajstić information content (AvgIpc) is 2.97. The summed E-state index contributed by atoms with van der Waals surface area (Å²) in [5, 5.41) is 11.0. The number of aliphatic hydroxyl groups is 1. The van der Waals surface area contributed by atoms with E-state index in [9.17, 15) is 14.7 Å². The van der Waals surface area contributed by atoms with E-state index >= 15 is 0 Å². The fraction of sp³-hybridized carbons (Fsp3) is 0.286. The molecule has 1 fully saturated rings. The van der Waals surface area contributed by atoms with Crippen LogP contribution in [0.1, 0.15) is 36.9 Å². The van der Waals surface area contributed by atoms with Crippen LogP contribution >= 0.6 is 0 Å². The number of benzene rings is 1. The number of hydrogen-bond donors (Lipinski definition) is 1. The highest BCUT2D eigenvalue weighted by atomic mass is 16.5. The van der Waals surface area contributed by atoms with Gasteiger partial charge >= 0.3 is 0 Å².